The molecule has 0 bridgehead atoms. The van der Waals surface area contributed by atoms with Crippen LogP contribution in [0.2, 0.25) is 0 Å². The number of rotatable bonds is 10. The van der Waals surface area contributed by atoms with E-state index in [9.17, 15) is 4.79 Å². The standard InChI is InChI=1S/C33H40N2O3/c1-25-9-8-12-28(21-25)23-33(35(2)3)19-17-29(18-20-33)34-32(36)16-14-26-13-15-30(31(22-26)37-4)38-24-27-10-6-5-7-11-27/h5-16,21-22,29H,17-20,23-24H2,1-4H3,(H,34,36)/b16-14+. The van der Waals surface area contributed by atoms with E-state index in [0.717, 1.165) is 43.2 Å². The third kappa shape index (κ3) is 7.26. The monoisotopic (exact) mass is 512 g/mol. The molecule has 1 aliphatic rings. The lowest BCUT2D eigenvalue weighted by atomic mass is 9.74. The molecule has 5 nitrogen and oxygen atoms in total. The average molecular weight is 513 g/mol. The van der Waals surface area contributed by atoms with Gasteiger partial charge in [0.1, 0.15) is 6.61 Å². The molecule has 0 spiro atoms. The maximum absolute atomic E-state index is 12.7. The molecular formula is C33H40N2O3. The third-order valence-electron chi connectivity index (χ3n) is 7.68. The SMILES string of the molecule is COc1cc(/C=C/C(=O)NC2CCC(Cc3cccc(C)c3)(N(C)C)CC2)ccc1OCc1ccccc1. The summed E-state index contributed by atoms with van der Waals surface area (Å²) < 4.78 is 11.5. The van der Waals surface area contributed by atoms with Gasteiger partial charge in [-0.1, -0.05) is 66.2 Å². The molecule has 200 valence electrons. The van der Waals surface area contributed by atoms with Gasteiger partial charge in [0.05, 0.1) is 7.11 Å². The van der Waals surface area contributed by atoms with Gasteiger partial charge in [-0.3, -0.25) is 4.79 Å². The first-order valence-electron chi connectivity index (χ1n) is 13.4. The number of aryl methyl sites for hydroxylation is 1. The number of likely N-dealkylation sites (N-methyl/N-ethyl adjacent to an activating group) is 1. The molecule has 1 aliphatic carbocycles. The topological polar surface area (TPSA) is 50.8 Å². The van der Waals surface area contributed by atoms with Crippen LogP contribution in [-0.4, -0.2) is 43.6 Å². The first-order chi connectivity index (χ1) is 18.4. The zero-order valence-corrected chi connectivity index (χ0v) is 23.1. The van der Waals surface area contributed by atoms with Crippen LogP contribution in [0, 0.1) is 6.92 Å². The van der Waals surface area contributed by atoms with Gasteiger partial charge in [-0.05, 0) is 88.0 Å². The number of ether oxygens (including phenoxy) is 2. The van der Waals surface area contributed by atoms with Crippen molar-refractivity contribution in [3.63, 3.8) is 0 Å². The number of nitrogens with zero attached hydrogens (tertiary/aromatic N) is 1. The van der Waals surface area contributed by atoms with Crippen LogP contribution in [0.15, 0.2) is 78.9 Å². The summed E-state index contributed by atoms with van der Waals surface area (Å²) in [5.74, 6) is 1.26. The molecule has 0 radical (unpaired) electrons. The van der Waals surface area contributed by atoms with E-state index in [0.29, 0.717) is 18.1 Å². The second-order valence-corrected chi connectivity index (χ2v) is 10.6. The Hall–Kier alpha value is -3.57. The van der Waals surface area contributed by atoms with Crippen LogP contribution >= 0.6 is 0 Å². The van der Waals surface area contributed by atoms with E-state index in [4.69, 9.17) is 9.47 Å². The number of amides is 1. The molecule has 4 rings (SSSR count). The molecule has 38 heavy (non-hydrogen) atoms. The van der Waals surface area contributed by atoms with E-state index in [2.05, 4.69) is 55.5 Å². The number of hydrogen-bond acceptors (Lipinski definition) is 4. The number of benzene rings is 3. The van der Waals surface area contributed by atoms with E-state index < -0.39 is 0 Å². The van der Waals surface area contributed by atoms with E-state index >= 15 is 0 Å². The highest BCUT2D eigenvalue weighted by Crippen LogP contribution is 2.36. The number of carbonyl (C=O) groups is 1. The highest BCUT2D eigenvalue weighted by Gasteiger charge is 2.37. The van der Waals surface area contributed by atoms with Crippen molar-refractivity contribution in [3.05, 3.63) is 101 Å². The molecule has 1 N–H and O–H groups in total. The van der Waals surface area contributed by atoms with E-state index in [1.54, 1.807) is 13.2 Å². The number of hydrogen-bond donors (Lipinski definition) is 1. The zero-order chi connectivity index (χ0) is 27.0. The predicted octanol–water partition coefficient (Wildman–Crippen LogP) is 6.20. The van der Waals surface area contributed by atoms with E-state index in [1.807, 2.05) is 54.6 Å². The minimum atomic E-state index is -0.0607. The van der Waals surface area contributed by atoms with Crippen LogP contribution in [0.4, 0.5) is 0 Å². The summed E-state index contributed by atoms with van der Waals surface area (Å²) in [5.41, 5.74) is 4.80. The average Bonchev–Trinajstić information content (AvgIpc) is 2.92. The Morgan fingerprint density at radius 2 is 1.71 bits per heavy atom. The molecule has 3 aromatic carbocycles. The fourth-order valence-corrected chi connectivity index (χ4v) is 5.35. The van der Waals surface area contributed by atoms with Crippen LogP contribution in [0.1, 0.15) is 47.9 Å². The van der Waals surface area contributed by atoms with Crippen molar-refractivity contribution in [1.29, 1.82) is 0 Å². The lowest BCUT2D eigenvalue weighted by Crippen LogP contribution is -2.52. The fraction of sp³-hybridized carbons (Fsp3) is 0.364. The van der Waals surface area contributed by atoms with Gasteiger partial charge >= 0.3 is 0 Å². The number of carbonyl (C=O) groups excluding carboxylic acids is 1. The fourth-order valence-electron chi connectivity index (χ4n) is 5.35. The normalized spacial score (nSPS) is 19.4. The molecule has 1 fully saturated rings. The molecule has 0 unspecified atom stereocenters. The zero-order valence-electron chi connectivity index (χ0n) is 23.1. The van der Waals surface area contributed by atoms with E-state index in [1.165, 1.54) is 11.1 Å². The van der Waals surface area contributed by atoms with Crippen molar-refractivity contribution in [1.82, 2.24) is 10.2 Å². The molecule has 1 saturated carbocycles. The highest BCUT2D eigenvalue weighted by molar-refractivity contribution is 5.92. The molecule has 0 aliphatic heterocycles. The first-order valence-corrected chi connectivity index (χ1v) is 13.4. The Morgan fingerprint density at radius 1 is 0.974 bits per heavy atom. The summed E-state index contributed by atoms with van der Waals surface area (Å²) in [6.45, 7) is 2.62. The Balaban J connectivity index is 1.30. The maximum atomic E-state index is 12.7. The van der Waals surface area contributed by atoms with Crippen molar-refractivity contribution in [3.8, 4) is 11.5 Å². The van der Waals surface area contributed by atoms with Gasteiger partial charge in [0, 0.05) is 17.7 Å². The Bertz CT molecular complexity index is 1230. The van der Waals surface area contributed by atoms with Crippen LogP contribution < -0.4 is 14.8 Å². The van der Waals surface area contributed by atoms with Crippen LogP contribution in [-0.2, 0) is 17.8 Å². The minimum Gasteiger partial charge on any atom is -0.493 e. The first kappa shape index (κ1) is 27.5. The molecule has 1 amide bonds. The second-order valence-electron chi connectivity index (χ2n) is 10.6. The van der Waals surface area contributed by atoms with Crippen LogP contribution in [0.5, 0.6) is 11.5 Å². The Labute approximate surface area is 227 Å². The van der Waals surface area contributed by atoms with Gasteiger partial charge in [0.2, 0.25) is 5.91 Å². The van der Waals surface area contributed by atoms with Crippen molar-refractivity contribution < 1.29 is 14.3 Å². The highest BCUT2D eigenvalue weighted by atomic mass is 16.5. The molecule has 0 atom stereocenters. The van der Waals surface area contributed by atoms with Crippen molar-refractivity contribution in [2.75, 3.05) is 21.2 Å². The van der Waals surface area contributed by atoms with Gasteiger partial charge < -0.3 is 19.7 Å². The molecular weight excluding hydrogens is 472 g/mol. The van der Waals surface area contributed by atoms with Crippen molar-refractivity contribution >= 4 is 12.0 Å². The summed E-state index contributed by atoms with van der Waals surface area (Å²) in [5, 5.41) is 3.22. The van der Waals surface area contributed by atoms with Gasteiger partial charge in [0.15, 0.2) is 11.5 Å². The largest absolute Gasteiger partial charge is 0.493 e. The summed E-state index contributed by atoms with van der Waals surface area (Å²) in [4.78, 5) is 15.1. The quantitative estimate of drug-likeness (QED) is 0.329. The molecule has 5 heteroatoms. The smallest absolute Gasteiger partial charge is 0.244 e. The molecule has 0 heterocycles. The van der Waals surface area contributed by atoms with Gasteiger partial charge in [0.25, 0.3) is 0 Å². The lowest BCUT2D eigenvalue weighted by molar-refractivity contribution is -0.117. The maximum Gasteiger partial charge on any atom is 0.244 e. The summed E-state index contributed by atoms with van der Waals surface area (Å²) in [6.07, 6.45) is 8.54. The van der Waals surface area contributed by atoms with Gasteiger partial charge in [-0.25, -0.2) is 0 Å². The minimum absolute atomic E-state index is 0.0607. The summed E-state index contributed by atoms with van der Waals surface area (Å²) >= 11 is 0. The van der Waals surface area contributed by atoms with Crippen molar-refractivity contribution in [2.24, 2.45) is 0 Å². The summed E-state index contributed by atoms with van der Waals surface area (Å²) in [6, 6.07) is 24.7. The summed E-state index contributed by atoms with van der Waals surface area (Å²) in [7, 11) is 5.99. The number of methoxy groups -OCH3 is 1. The van der Waals surface area contributed by atoms with Gasteiger partial charge in [-0.15, -0.1) is 0 Å². The van der Waals surface area contributed by atoms with Crippen LogP contribution in [0.25, 0.3) is 6.08 Å². The molecule has 0 aromatic heterocycles. The number of nitrogens with one attached hydrogen (secondary N) is 1. The van der Waals surface area contributed by atoms with E-state index in [-0.39, 0.29) is 17.5 Å². The Morgan fingerprint density at radius 3 is 2.39 bits per heavy atom. The van der Waals surface area contributed by atoms with Gasteiger partial charge in [-0.2, -0.15) is 0 Å². The molecule has 0 saturated heterocycles. The predicted molar refractivity (Wildman–Crippen MR) is 155 cm³/mol. The lowest BCUT2D eigenvalue weighted by Gasteiger charge is -2.45. The third-order valence-corrected chi connectivity index (χ3v) is 7.68. The van der Waals surface area contributed by atoms with Crippen LogP contribution in [0.3, 0.4) is 0 Å². The second kappa shape index (κ2) is 12.8. The van der Waals surface area contributed by atoms with Crippen molar-refractivity contribution in [2.45, 2.75) is 57.2 Å². The molecule has 3 aromatic rings. The Kier molecular flexibility index (Phi) is 9.24.